The van der Waals surface area contributed by atoms with Crippen LogP contribution >= 0.6 is 35.6 Å². The molecule has 1 aromatic carbocycles. The normalized spacial score (nSPS) is 22.5. The zero-order valence-electron chi connectivity index (χ0n) is 12.2. The molecule has 0 spiro atoms. The highest BCUT2D eigenvalue weighted by atomic mass is 35.5. The summed E-state index contributed by atoms with van der Waals surface area (Å²) in [6.07, 6.45) is 1.04. The number of hydrogen-bond acceptors (Lipinski definition) is 3. The molecular weight excluding hydrogens is 345 g/mol. The minimum absolute atomic E-state index is 0. The number of piperazine rings is 1. The summed E-state index contributed by atoms with van der Waals surface area (Å²) >= 11 is 12.0. The Bertz CT molecular complexity index is 535. The van der Waals surface area contributed by atoms with Crippen molar-refractivity contribution in [3.8, 4) is 0 Å². The highest BCUT2D eigenvalue weighted by Gasteiger charge is 2.31. The third-order valence-corrected chi connectivity index (χ3v) is 4.83. The zero-order valence-corrected chi connectivity index (χ0v) is 14.6. The lowest BCUT2D eigenvalue weighted by Crippen LogP contribution is -2.49. The molecule has 2 saturated heterocycles. The van der Waals surface area contributed by atoms with Gasteiger partial charge in [0, 0.05) is 50.3 Å². The minimum Gasteiger partial charge on any atom is -0.337 e. The molecule has 0 radical (unpaired) electrons. The van der Waals surface area contributed by atoms with Crippen molar-refractivity contribution in [3.63, 3.8) is 0 Å². The van der Waals surface area contributed by atoms with Gasteiger partial charge in [-0.05, 0) is 24.6 Å². The summed E-state index contributed by atoms with van der Waals surface area (Å²) < 4.78 is 0. The molecule has 0 aromatic heterocycles. The topological polar surface area (TPSA) is 35.6 Å². The molecule has 1 aromatic rings. The third-order valence-electron chi connectivity index (χ3n) is 4.28. The number of nitrogens with one attached hydrogen (secondary N) is 1. The highest BCUT2D eigenvalue weighted by Crippen LogP contribution is 2.25. The summed E-state index contributed by atoms with van der Waals surface area (Å²) in [4.78, 5) is 17.0. The number of likely N-dealkylation sites (tertiary alicyclic amines) is 1. The van der Waals surface area contributed by atoms with Gasteiger partial charge in [-0.2, -0.15) is 0 Å². The minimum atomic E-state index is 0. The first-order chi connectivity index (χ1) is 10.1. The first-order valence-electron chi connectivity index (χ1n) is 7.34. The molecule has 2 fully saturated rings. The van der Waals surface area contributed by atoms with E-state index in [1.54, 1.807) is 18.2 Å². The van der Waals surface area contributed by atoms with E-state index in [0.29, 0.717) is 21.7 Å². The van der Waals surface area contributed by atoms with Crippen molar-refractivity contribution in [2.45, 2.75) is 12.5 Å². The summed E-state index contributed by atoms with van der Waals surface area (Å²) in [6.45, 7) is 5.79. The molecule has 1 N–H and O–H groups in total. The second-order valence-corrected chi connectivity index (χ2v) is 6.45. The van der Waals surface area contributed by atoms with Crippen LogP contribution in [0.3, 0.4) is 0 Å². The molecule has 2 heterocycles. The number of hydrogen-bond donors (Lipinski definition) is 1. The van der Waals surface area contributed by atoms with Gasteiger partial charge < -0.3 is 10.2 Å². The van der Waals surface area contributed by atoms with Crippen molar-refractivity contribution >= 4 is 41.5 Å². The van der Waals surface area contributed by atoms with Crippen LogP contribution in [0.2, 0.25) is 10.0 Å². The van der Waals surface area contributed by atoms with E-state index in [-0.39, 0.29) is 18.3 Å². The van der Waals surface area contributed by atoms with E-state index >= 15 is 0 Å². The van der Waals surface area contributed by atoms with Crippen molar-refractivity contribution in [3.05, 3.63) is 33.8 Å². The van der Waals surface area contributed by atoms with Crippen molar-refractivity contribution in [1.82, 2.24) is 15.1 Å². The number of halogens is 3. The van der Waals surface area contributed by atoms with E-state index in [2.05, 4.69) is 10.2 Å². The maximum absolute atomic E-state index is 12.6. The average Bonchev–Trinajstić information content (AvgIpc) is 2.97. The maximum Gasteiger partial charge on any atom is 0.255 e. The van der Waals surface area contributed by atoms with Gasteiger partial charge in [-0.15, -0.1) is 12.4 Å². The third kappa shape index (κ3) is 3.87. The first-order valence-corrected chi connectivity index (χ1v) is 8.10. The van der Waals surface area contributed by atoms with Crippen LogP contribution in [0.5, 0.6) is 0 Å². The maximum atomic E-state index is 12.6. The average molecular weight is 365 g/mol. The van der Waals surface area contributed by atoms with Gasteiger partial charge in [0.25, 0.3) is 5.91 Å². The molecule has 0 bridgehead atoms. The fourth-order valence-electron chi connectivity index (χ4n) is 3.10. The molecule has 2 aliphatic rings. The van der Waals surface area contributed by atoms with E-state index in [1.165, 1.54) is 0 Å². The number of carbonyl (C=O) groups excluding carboxylic acids is 1. The first kappa shape index (κ1) is 17.8. The van der Waals surface area contributed by atoms with Crippen molar-refractivity contribution in [1.29, 1.82) is 0 Å². The van der Waals surface area contributed by atoms with Crippen molar-refractivity contribution in [2.24, 2.45) is 0 Å². The smallest absolute Gasteiger partial charge is 0.255 e. The number of nitrogens with zero attached hydrogens (tertiary/aromatic N) is 2. The highest BCUT2D eigenvalue weighted by molar-refractivity contribution is 6.36. The summed E-state index contributed by atoms with van der Waals surface area (Å²) in [7, 11) is 0. The fourth-order valence-corrected chi connectivity index (χ4v) is 3.59. The molecule has 0 saturated carbocycles. The lowest BCUT2D eigenvalue weighted by atomic mass is 10.2. The standard InChI is InChI=1S/C15H19Cl2N3O.ClH/c16-11-1-2-13(14(17)9-11)15(21)20-6-3-12(10-20)19-7-4-18-5-8-19;/h1-2,9,12,18H,3-8,10H2;1H. The predicted molar refractivity (Wildman–Crippen MR) is 92.5 cm³/mol. The predicted octanol–water partition coefficient (Wildman–Crippen LogP) is 2.53. The SMILES string of the molecule is Cl.O=C(c1ccc(Cl)cc1Cl)N1CCC(N2CCNCC2)C1. The molecule has 3 rings (SSSR count). The fraction of sp³-hybridized carbons (Fsp3) is 0.533. The molecule has 0 aliphatic carbocycles. The van der Waals surface area contributed by atoms with Gasteiger partial charge in [0.05, 0.1) is 10.6 Å². The van der Waals surface area contributed by atoms with Gasteiger partial charge in [0.2, 0.25) is 0 Å². The Morgan fingerprint density at radius 1 is 1.18 bits per heavy atom. The van der Waals surface area contributed by atoms with E-state index in [1.807, 2.05) is 4.90 Å². The Kier molecular flexibility index (Phi) is 6.36. The number of rotatable bonds is 2. The number of amides is 1. The van der Waals surface area contributed by atoms with E-state index < -0.39 is 0 Å². The molecular formula is C15H20Cl3N3O. The molecule has 122 valence electrons. The Labute approximate surface area is 147 Å². The van der Waals surface area contributed by atoms with Crippen LogP contribution < -0.4 is 5.32 Å². The van der Waals surface area contributed by atoms with E-state index in [0.717, 1.165) is 45.7 Å². The summed E-state index contributed by atoms with van der Waals surface area (Å²) in [6, 6.07) is 5.53. The van der Waals surface area contributed by atoms with Crippen molar-refractivity contribution < 1.29 is 4.79 Å². The summed E-state index contributed by atoms with van der Waals surface area (Å²) in [5, 5.41) is 4.34. The lowest BCUT2D eigenvalue weighted by Gasteiger charge is -2.32. The Hall–Kier alpha value is -0.520. The van der Waals surface area contributed by atoms with Crippen molar-refractivity contribution in [2.75, 3.05) is 39.3 Å². The van der Waals surface area contributed by atoms with Gasteiger partial charge in [-0.25, -0.2) is 0 Å². The van der Waals surface area contributed by atoms with Gasteiger partial charge >= 0.3 is 0 Å². The zero-order chi connectivity index (χ0) is 14.8. The van der Waals surface area contributed by atoms with E-state index in [4.69, 9.17) is 23.2 Å². The van der Waals surface area contributed by atoms with Crippen LogP contribution in [-0.2, 0) is 0 Å². The van der Waals surface area contributed by atoms with Crippen LogP contribution in [0.4, 0.5) is 0 Å². The summed E-state index contributed by atoms with van der Waals surface area (Å²) in [5.74, 6) is 0.00861. The largest absolute Gasteiger partial charge is 0.337 e. The second kappa shape index (κ2) is 7.84. The monoisotopic (exact) mass is 363 g/mol. The molecule has 4 nitrogen and oxygen atoms in total. The number of benzene rings is 1. The van der Waals surface area contributed by atoms with E-state index in [9.17, 15) is 4.79 Å². The van der Waals surface area contributed by atoms with Gasteiger partial charge in [-0.3, -0.25) is 9.69 Å². The van der Waals surface area contributed by atoms with Crippen LogP contribution in [0, 0.1) is 0 Å². The van der Waals surface area contributed by atoms with Crippen LogP contribution in [0.25, 0.3) is 0 Å². The molecule has 2 aliphatic heterocycles. The summed E-state index contributed by atoms with van der Waals surface area (Å²) in [5.41, 5.74) is 0.544. The molecule has 7 heteroatoms. The van der Waals surface area contributed by atoms with Crippen LogP contribution in [0.15, 0.2) is 18.2 Å². The molecule has 1 amide bonds. The van der Waals surface area contributed by atoms with Gasteiger partial charge in [0.1, 0.15) is 0 Å². The molecule has 22 heavy (non-hydrogen) atoms. The van der Waals surface area contributed by atoms with Crippen LogP contribution in [-0.4, -0.2) is 61.0 Å². The Morgan fingerprint density at radius 3 is 2.59 bits per heavy atom. The lowest BCUT2D eigenvalue weighted by molar-refractivity contribution is 0.0773. The van der Waals surface area contributed by atoms with Gasteiger partial charge in [-0.1, -0.05) is 23.2 Å². The molecule has 1 atom stereocenters. The Morgan fingerprint density at radius 2 is 1.91 bits per heavy atom. The molecule has 1 unspecified atom stereocenters. The van der Waals surface area contributed by atoms with Crippen LogP contribution in [0.1, 0.15) is 16.8 Å². The number of carbonyl (C=O) groups is 1. The quantitative estimate of drug-likeness (QED) is 0.876. The second-order valence-electron chi connectivity index (χ2n) is 5.60. The van der Waals surface area contributed by atoms with Gasteiger partial charge in [0.15, 0.2) is 0 Å². The Balaban J connectivity index is 0.00000176.